The molecule has 0 fully saturated rings. The first kappa shape index (κ1) is 26.0. The Balaban J connectivity index is 0. The molecule has 26 heavy (non-hydrogen) atoms. The largest absolute Gasteiger partial charge is 1.00 e. The topological polar surface area (TPSA) is 83.9 Å². The van der Waals surface area contributed by atoms with Crippen molar-refractivity contribution >= 4 is 39.2 Å². The Kier molecular flexibility index (Phi) is 13.2. The van der Waals surface area contributed by atoms with Crippen molar-refractivity contribution in [3.63, 3.8) is 0 Å². The van der Waals surface area contributed by atoms with Crippen molar-refractivity contribution in [3.05, 3.63) is 28.2 Å². The quantitative estimate of drug-likeness (QED) is 0.387. The molecule has 0 aliphatic rings. The third-order valence-corrected chi connectivity index (χ3v) is 5.20. The molecule has 0 bridgehead atoms. The second-order valence-electron chi connectivity index (χ2n) is 5.67. The van der Waals surface area contributed by atoms with Crippen molar-refractivity contribution in [2.24, 2.45) is 0 Å². The number of ether oxygens (including phenoxy) is 1. The number of hydrogen-bond donors (Lipinski definition) is 1. The van der Waals surface area contributed by atoms with Crippen molar-refractivity contribution in [1.29, 1.82) is 0 Å². The van der Waals surface area contributed by atoms with Gasteiger partial charge in [0.25, 0.3) is 0 Å². The molecule has 0 saturated carbocycles. The molecule has 10 heteroatoms. The van der Waals surface area contributed by atoms with Crippen LogP contribution in [0.15, 0.2) is 18.2 Å². The normalized spacial score (nSPS) is 11.2. The van der Waals surface area contributed by atoms with Crippen LogP contribution in [-0.2, 0) is 14.8 Å². The predicted octanol–water partition coefficient (Wildman–Crippen LogP) is 0.785. The van der Waals surface area contributed by atoms with Gasteiger partial charge in [0.1, 0.15) is 12.4 Å². The van der Waals surface area contributed by atoms with Gasteiger partial charge < -0.3 is 11.3 Å². The fraction of sp³-hybridized carbons (Fsp3) is 0.562. The summed E-state index contributed by atoms with van der Waals surface area (Å²) in [4.78, 5) is 10.4. The molecule has 0 aliphatic carbocycles. The fourth-order valence-corrected chi connectivity index (χ4v) is 3.61. The van der Waals surface area contributed by atoms with Crippen molar-refractivity contribution in [2.45, 2.75) is 32.1 Å². The summed E-state index contributed by atoms with van der Waals surface area (Å²) in [5.41, 5.74) is 0. The smallest absolute Gasteiger partial charge is 1.00 e. The maximum atomic E-state index is 11.8. The van der Waals surface area contributed by atoms with Crippen molar-refractivity contribution < 1.29 is 54.0 Å². The monoisotopic (exact) mass is 435 g/mol. The summed E-state index contributed by atoms with van der Waals surface area (Å²) in [7, 11) is -3.33. The zero-order valence-corrected chi connectivity index (χ0v) is 19.4. The molecule has 0 heterocycles. The molecule has 0 atom stereocenters. The summed E-state index contributed by atoms with van der Waals surface area (Å²) in [6.07, 6.45) is 4.13. The molecule has 1 rings (SSSR count). The summed E-state index contributed by atoms with van der Waals surface area (Å²) in [6, 6.07) is 4.81. The van der Waals surface area contributed by atoms with E-state index in [1.807, 2.05) is 0 Å². The molecule has 1 aromatic carbocycles. The van der Waals surface area contributed by atoms with Gasteiger partial charge in [0.05, 0.1) is 6.26 Å². The SMILES string of the molecule is CS(=O)(=O)N(CCCCCCC(=O)O)CCOc1cc(Cl)cc(Cl)c1.[H-].[Na+]. The number of carbonyl (C=O) groups is 1. The van der Waals surface area contributed by atoms with Crippen molar-refractivity contribution in [2.75, 3.05) is 26.0 Å². The Morgan fingerprint density at radius 2 is 1.69 bits per heavy atom. The first-order chi connectivity index (χ1) is 11.7. The van der Waals surface area contributed by atoms with Crippen LogP contribution in [0.4, 0.5) is 0 Å². The number of carboxylic acids is 1. The van der Waals surface area contributed by atoms with Crippen LogP contribution in [-0.4, -0.2) is 49.8 Å². The van der Waals surface area contributed by atoms with E-state index in [9.17, 15) is 13.2 Å². The summed E-state index contributed by atoms with van der Waals surface area (Å²) in [5, 5.41) is 9.47. The van der Waals surface area contributed by atoms with E-state index >= 15 is 0 Å². The molecular weight excluding hydrogens is 412 g/mol. The second kappa shape index (κ2) is 13.2. The van der Waals surface area contributed by atoms with Gasteiger partial charge in [-0.15, -0.1) is 0 Å². The maximum Gasteiger partial charge on any atom is 1.00 e. The van der Waals surface area contributed by atoms with Crippen LogP contribution in [0.2, 0.25) is 10.0 Å². The first-order valence-electron chi connectivity index (χ1n) is 7.94. The number of aliphatic carboxylic acids is 1. The number of benzene rings is 1. The van der Waals surface area contributed by atoms with Gasteiger partial charge in [-0.3, -0.25) is 4.79 Å². The minimum atomic E-state index is -3.33. The molecule has 0 aromatic heterocycles. The molecule has 0 amide bonds. The number of halogens is 2. The van der Waals surface area contributed by atoms with Crippen LogP contribution in [0.5, 0.6) is 5.75 Å². The molecule has 0 saturated heterocycles. The van der Waals surface area contributed by atoms with Gasteiger partial charge in [0.2, 0.25) is 10.0 Å². The Morgan fingerprint density at radius 3 is 2.23 bits per heavy atom. The number of rotatable bonds is 12. The van der Waals surface area contributed by atoms with Gasteiger partial charge in [-0.25, -0.2) is 8.42 Å². The van der Waals surface area contributed by atoms with Crippen LogP contribution >= 0.6 is 23.2 Å². The van der Waals surface area contributed by atoms with E-state index in [0.717, 1.165) is 19.1 Å². The molecule has 144 valence electrons. The van der Waals surface area contributed by atoms with E-state index in [0.29, 0.717) is 35.2 Å². The summed E-state index contributed by atoms with van der Waals surface area (Å²) >= 11 is 11.8. The average molecular weight is 436 g/mol. The molecule has 1 N–H and O–H groups in total. The van der Waals surface area contributed by atoms with Crippen LogP contribution in [0.25, 0.3) is 0 Å². The van der Waals surface area contributed by atoms with E-state index in [-0.39, 0.29) is 50.6 Å². The van der Waals surface area contributed by atoms with Crippen LogP contribution in [0.3, 0.4) is 0 Å². The zero-order chi connectivity index (χ0) is 18.9. The molecule has 6 nitrogen and oxygen atoms in total. The van der Waals surface area contributed by atoms with E-state index in [2.05, 4.69) is 0 Å². The van der Waals surface area contributed by atoms with Gasteiger partial charge in [-0.1, -0.05) is 36.0 Å². The number of hydrogen-bond acceptors (Lipinski definition) is 4. The molecule has 1 aromatic rings. The molecule has 0 spiro atoms. The summed E-state index contributed by atoms with van der Waals surface area (Å²) in [6.45, 7) is 0.784. The third-order valence-electron chi connectivity index (χ3n) is 3.46. The first-order valence-corrected chi connectivity index (χ1v) is 10.5. The van der Waals surface area contributed by atoms with E-state index < -0.39 is 16.0 Å². The van der Waals surface area contributed by atoms with Gasteiger partial charge in [0.15, 0.2) is 0 Å². The Labute approximate surface area is 188 Å². The minimum absolute atomic E-state index is 0. The average Bonchev–Trinajstić information content (AvgIpc) is 2.46. The van der Waals surface area contributed by atoms with Crippen LogP contribution in [0, 0.1) is 0 Å². The Hall–Kier alpha value is -0.0200. The van der Waals surface area contributed by atoms with E-state index in [4.69, 9.17) is 33.0 Å². The third kappa shape index (κ3) is 11.6. The summed E-state index contributed by atoms with van der Waals surface area (Å²) < 4.78 is 30.6. The van der Waals surface area contributed by atoms with Gasteiger partial charge in [0, 0.05) is 29.6 Å². The minimum Gasteiger partial charge on any atom is -1.00 e. The standard InChI is InChI=1S/C16H23Cl2NO5S.Na.H/c1-25(22,23)19(7-5-3-2-4-6-16(20)21)8-9-24-15-11-13(17)10-14(18)12-15;;/h10-12H,2-9H2,1H3,(H,20,21);;/q;+1;-1. The Morgan fingerprint density at radius 1 is 1.12 bits per heavy atom. The number of carboxylic acid groups (broad SMARTS) is 1. The molecule has 0 radical (unpaired) electrons. The number of sulfonamides is 1. The van der Waals surface area contributed by atoms with Crippen LogP contribution < -0.4 is 34.3 Å². The van der Waals surface area contributed by atoms with Gasteiger partial charge in [-0.05, 0) is 31.0 Å². The number of nitrogens with zero attached hydrogens (tertiary/aromatic N) is 1. The molecular formula is C16H24Cl2NNaO5S. The van der Waals surface area contributed by atoms with Crippen molar-refractivity contribution in [1.82, 2.24) is 4.31 Å². The molecule has 0 unspecified atom stereocenters. The Bertz CT molecular complexity index is 659. The second-order valence-corrected chi connectivity index (χ2v) is 8.53. The number of unbranched alkanes of at least 4 members (excludes halogenated alkanes) is 3. The van der Waals surface area contributed by atoms with Gasteiger partial charge >= 0.3 is 35.5 Å². The van der Waals surface area contributed by atoms with Crippen molar-refractivity contribution in [3.8, 4) is 5.75 Å². The van der Waals surface area contributed by atoms with Gasteiger partial charge in [-0.2, -0.15) is 4.31 Å². The van der Waals surface area contributed by atoms with E-state index in [1.54, 1.807) is 18.2 Å². The summed E-state index contributed by atoms with van der Waals surface area (Å²) in [5.74, 6) is -0.323. The maximum absolute atomic E-state index is 11.8. The van der Waals surface area contributed by atoms with E-state index in [1.165, 1.54) is 4.31 Å². The zero-order valence-electron chi connectivity index (χ0n) is 16.1. The fourth-order valence-electron chi connectivity index (χ4n) is 2.24. The molecule has 0 aliphatic heterocycles. The van der Waals surface area contributed by atoms with Crippen LogP contribution in [0.1, 0.15) is 33.5 Å². The predicted molar refractivity (Wildman–Crippen MR) is 100 cm³/mol.